The molecular weight excluding hydrogens is 168 g/mol. The van der Waals surface area contributed by atoms with Crippen LogP contribution in [0.3, 0.4) is 0 Å². The summed E-state index contributed by atoms with van der Waals surface area (Å²) in [5, 5.41) is 11.4. The lowest BCUT2D eigenvalue weighted by molar-refractivity contribution is 0.274. The van der Waals surface area contributed by atoms with E-state index in [1.165, 1.54) is 0 Å². The van der Waals surface area contributed by atoms with Crippen LogP contribution in [0.1, 0.15) is 5.56 Å². The molecule has 0 aliphatic carbocycles. The van der Waals surface area contributed by atoms with Gasteiger partial charge in [-0.15, -0.1) is 0 Å². The summed E-state index contributed by atoms with van der Waals surface area (Å²) in [5.41, 5.74) is 6.53. The molecule has 1 heterocycles. The van der Waals surface area contributed by atoms with Crippen molar-refractivity contribution in [3.8, 4) is 5.75 Å². The van der Waals surface area contributed by atoms with E-state index in [0.29, 0.717) is 6.42 Å². The summed E-state index contributed by atoms with van der Waals surface area (Å²) in [5.74, 6) is 0.940. The molecule has 1 unspecified atom stereocenters. The van der Waals surface area contributed by atoms with Gasteiger partial charge in [0.25, 0.3) is 0 Å². The van der Waals surface area contributed by atoms with Crippen molar-refractivity contribution < 1.29 is 9.94 Å². The highest BCUT2D eigenvalue weighted by molar-refractivity contribution is 5.85. The van der Waals surface area contributed by atoms with E-state index in [0.717, 1.165) is 11.3 Å². The lowest BCUT2D eigenvalue weighted by atomic mass is 10.1. The Morgan fingerprint density at radius 3 is 3.00 bits per heavy atom. The average Bonchev–Trinajstić information content (AvgIpc) is 2.59. The van der Waals surface area contributed by atoms with Crippen LogP contribution >= 0.6 is 0 Å². The number of amidine groups is 1. The number of hydrogen-bond donors (Lipinski definition) is 2. The van der Waals surface area contributed by atoms with Crippen molar-refractivity contribution in [2.75, 3.05) is 0 Å². The molecule has 1 aromatic carbocycles. The summed E-state index contributed by atoms with van der Waals surface area (Å²) in [6.45, 7) is 0. The number of fused-ring (bicyclic) bond motifs is 1. The number of nitrogens with zero attached hydrogens (tertiary/aromatic N) is 1. The van der Waals surface area contributed by atoms with Crippen molar-refractivity contribution in [2.24, 2.45) is 10.9 Å². The first-order chi connectivity index (χ1) is 6.31. The fraction of sp³-hybridized carbons (Fsp3) is 0.222. The van der Waals surface area contributed by atoms with Crippen LogP contribution in [0.25, 0.3) is 0 Å². The Bertz CT molecular complexity index is 324. The van der Waals surface area contributed by atoms with Crippen molar-refractivity contribution in [1.82, 2.24) is 0 Å². The normalized spacial score (nSPS) is 20.9. The number of ether oxygens (including phenoxy) is 1. The van der Waals surface area contributed by atoms with Crippen molar-refractivity contribution in [2.45, 2.75) is 12.5 Å². The molecule has 4 heteroatoms. The van der Waals surface area contributed by atoms with E-state index in [4.69, 9.17) is 15.7 Å². The summed E-state index contributed by atoms with van der Waals surface area (Å²) in [6, 6.07) is 7.68. The molecule has 0 aromatic heterocycles. The maximum absolute atomic E-state index is 8.46. The lowest BCUT2D eigenvalue weighted by Crippen LogP contribution is -2.32. The molecule has 0 spiro atoms. The van der Waals surface area contributed by atoms with Gasteiger partial charge in [-0.3, -0.25) is 0 Å². The van der Waals surface area contributed by atoms with Gasteiger partial charge in [0.15, 0.2) is 11.9 Å². The average molecular weight is 178 g/mol. The zero-order valence-electron chi connectivity index (χ0n) is 6.97. The molecule has 4 nitrogen and oxygen atoms in total. The molecule has 2 rings (SSSR count). The minimum absolute atomic E-state index is 0.121. The van der Waals surface area contributed by atoms with Gasteiger partial charge in [-0.05, 0) is 11.6 Å². The standard InChI is InChI=1S/C9H10N2O2/c10-9(11-12)8-5-6-3-1-2-4-7(6)13-8/h1-4,8,12H,5H2,(H2,10,11). The van der Waals surface area contributed by atoms with Crippen molar-refractivity contribution in [1.29, 1.82) is 0 Å². The van der Waals surface area contributed by atoms with E-state index in [1.54, 1.807) is 0 Å². The van der Waals surface area contributed by atoms with Gasteiger partial charge in [-0.2, -0.15) is 0 Å². The van der Waals surface area contributed by atoms with Crippen molar-refractivity contribution >= 4 is 5.84 Å². The molecule has 0 saturated carbocycles. The van der Waals surface area contributed by atoms with Crippen LogP contribution < -0.4 is 10.5 Å². The molecule has 1 aliphatic rings. The van der Waals surface area contributed by atoms with Crippen LogP contribution in [0.2, 0.25) is 0 Å². The highest BCUT2D eigenvalue weighted by atomic mass is 16.5. The predicted octanol–water partition coefficient (Wildman–Crippen LogP) is 0.736. The molecule has 1 atom stereocenters. The summed E-state index contributed by atoms with van der Waals surface area (Å²) in [4.78, 5) is 0. The largest absolute Gasteiger partial charge is 0.482 e. The number of benzene rings is 1. The summed E-state index contributed by atoms with van der Waals surface area (Å²) in [6.07, 6.45) is 0.355. The minimum atomic E-state index is -0.317. The molecule has 0 amide bonds. The Balaban J connectivity index is 2.23. The smallest absolute Gasteiger partial charge is 0.180 e. The third-order valence-electron chi connectivity index (χ3n) is 2.09. The molecule has 1 aromatic rings. The van der Waals surface area contributed by atoms with Crippen LogP contribution in [0.15, 0.2) is 29.4 Å². The SMILES string of the molecule is N/C(=N\O)C1Cc2ccccc2O1. The molecular formula is C9H10N2O2. The molecule has 0 radical (unpaired) electrons. The first-order valence-corrected chi connectivity index (χ1v) is 4.03. The third-order valence-corrected chi connectivity index (χ3v) is 2.09. The molecule has 0 bridgehead atoms. The van der Waals surface area contributed by atoms with E-state index in [1.807, 2.05) is 24.3 Å². The zero-order valence-corrected chi connectivity index (χ0v) is 6.97. The Morgan fingerprint density at radius 2 is 2.31 bits per heavy atom. The van der Waals surface area contributed by atoms with E-state index < -0.39 is 0 Å². The first kappa shape index (κ1) is 7.91. The van der Waals surface area contributed by atoms with Crippen LogP contribution in [0.4, 0.5) is 0 Å². The van der Waals surface area contributed by atoms with Gasteiger partial charge < -0.3 is 15.7 Å². The monoisotopic (exact) mass is 178 g/mol. The summed E-state index contributed by atoms with van der Waals surface area (Å²) in [7, 11) is 0. The fourth-order valence-corrected chi connectivity index (χ4v) is 1.41. The van der Waals surface area contributed by atoms with Crippen molar-refractivity contribution in [3.05, 3.63) is 29.8 Å². The minimum Gasteiger partial charge on any atom is -0.482 e. The van der Waals surface area contributed by atoms with Gasteiger partial charge in [0.05, 0.1) is 0 Å². The third kappa shape index (κ3) is 1.30. The maximum atomic E-state index is 8.46. The quantitative estimate of drug-likeness (QED) is 0.288. The van der Waals surface area contributed by atoms with E-state index >= 15 is 0 Å². The van der Waals surface area contributed by atoms with Crippen LogP contribution in [0, 0.1) is 0 Å². The van der Waals surface area contributed by atoms with Gasteiger partial charge in [-0.25, -0.2) is 0 Å². The molecule has 68 valence electrons. The number of hydrogen-bond acceptors (Lipinski definition) is 3. The van der Waals surface area contributed by atoms with E-state index in [-0.39, 0.29) is 11.9 Å². The lowest BCUT2D eigenvalue weighted by Gasteiger charge is -2.07. The summed E-state index contributed by atoms with van der Waals surface area (Å²) < 4.78 is 5.44. The second-order valence-corrected chi connectivity index (χ2v) is 2.94. The highest BCUT2D eigenvalue weighted by Crippen LogP contribution is 2.27. The summed E-state index contributed by atoms with van der Waals surface area (Å²) >= 11 is 0. The van der Waals surface area contributed by atoms with Gasteiger partial charge in [-0.1, -0.05) is 23.4 Å². The maximum Gasteiger partial charge on any atom is 0.180 e. The molecule has 1 aliphatic heterocycles. The van der Waals surface area contributed by atoms with Gasteiger partial charge in [0.2, 0.25) is 0 Å². The van der Waals surface area contributed by atoms with Crippen LogP contribution in [-0.4, -0.2) is 17.1 Å². The predicted molar refractivity (Wildman–Crippen MR) is 48.0 cm³/mol. The topological polar surface area (TPSA) is 67.8 Å². The number of para-hydroxylation sites is 1. The van der Waals surface area contributed by atoms with Crippen LogP contribution in [-0.2, 0) is 6.42 Å². The van der Waals surface area contributed by atoms with Crippen LogP contribution in [0.5, 0.6) is 5.75 Å². The second-order valence-electron chi connectivity index (χ2n) is 2.94. The number of nitrogens with two attached hydrogens (primary N) is 1. The van der Waals surface area contributed by atoms with Gasteiger partial charge >= 0.3 is 0 Å². The van der Waals surface area contributed by atoms with E-state index in [2.05, 4.69) is 5.16 Å². The Hall–Kier alpha value is -1.71. The molecule has 3 N–H and O–H groups in total. The molecule has 0 saturated heterocycles. The Morgan fingerprint density at radius 1 is 1.54 bits per heavy atom. The molecule has 0 fully saturated rings. The second kappa shape index (κ2) is 2.97. The number of rotatable bonds is 1. The number of oxime groups is 1. The zero-order chi connectivity index (χ0) is 9.26. The van der Waals surface area contributed by atoms with Gasteiger partial charge in [0, 0.05) is 6.42 Å². The van der Waals surface area contributed by atoms with E-state index in [9.17, 15) is 0 Å². The Kier molecular flexibility index (Phi) is 1.81. The van der Waals surface area contributed by atoms with Crippen molar-refractivity contribution in [3.63, 3.8) is 0 Å². The first-order valence-electron chi connectivity index (χ1n) is 4.03. The fourth-order valence-electron chi connectivity index (χ4n) is 1.41. The Labute approximate surface area is 75.6 Å². The van der Waals surface area contributed by atoms with Gasteiger partial charge in [0.1, 0.15) is 5.75 Å². The molecule has 13 heavy (non-hydrogen) atoms. The highest BCUT2D eigenvalue weighted by Gasteiger charge is 2.25.